The molecular weight excluding hydrogens is 340 g/mol. The largest absolute Gasteiger partial charge is 0.343 e. The molecule has 0 saturated carbocycles. The number of nitrogens with zero attached hydrogens (tertiary/aromatic N) is 5. The number of aromatic amines is 1. The molecule has 1 fully saturated rings. The molecule has 0 radical (unpaired) electrons. The number of hydrogen-bond donors (Lipinski definition) is 1. The van der Waals surface area contributed by atoms with Crippen LogP contribution >= 0.6 is 11.3 Å². The first-order chi connectivity index (χ1) is 12.3. The van der Waals surface area contributed by atoms with Gasteiger partial charge in [-0.25, -0.2) is 4.98 Å². The van der Waals surface area contributed by atoms with Crippen LogP contribution in [0.25, 0.3) is 11.6 Å². The quantitative estimate of drug-likeness (QED) is 0.751. The second kappa shape index (κ2) is 7.14. The van der Waals surface area contributed by atoms with E-state index in [0.29, 0.717) is 36.3 Å². The Morgan fingerprint density at radius 2 is 2.28 bits per heavy atom. The molecule has 0 bridgehead atoms. The van der Waals surface area contributed by atoms with Gasteiger partial charge in [-0.15, -0.1) is 0 Å². The molecule has 4 heterocycles. The fourth-order valence-corrected chi connectivity index (χ4v) is 3.85. The highest BCUT2D eigenvalue weighted by Gasteiger charge is 2.24. The second-order valence-corrected chi connectivity index (χ2v) is 6.84. The molecule has 9 heteroatoms. The van der Waals surface area contributed by atoms with Gasteiger partial charge in [0.1, 0.15) is 6.33 Å². The van der Waals surface area contributed by atoms with E-state index in [1.165, 1.54) is 11.9 Å². The van der Waals surface area contributed by atoms with Gasteiger partial charge in [0.05, 0.1) is 0 Å². The number of amides is 1. The van der Waals surface area contributed by atoms with E-state index in [9.17, 15) is 4.79 Å². The smallest absolute Gasteiger partial charge is 0.239 e. The zero-order valence-electron chi connectivity index (χ0n) is 13.6. The molecule has 1 aliphatic heterocycles. The number of rotatable bonds is 5. The Labute approximate surface area is 148 Å². The van der Waals surface area contributed by atoms with Gasteiger partial charge in [-0.1, -0.05) is 5.16 Å². The summed E-state index contributed by atoms with van der Waals surface area (Å²) < 4.78 is 5.17. The zero-order chi connectivity index (χ0) is 17.1. The summed E-state index contributed by atoms with van der Waals surface area (Å²) in [6.07, 6.45) is 4.25. The Morgan fingerprint density at radius 3 is 3.00 bits per heavy atom. The Morgan fingerprint density at radius 1 is 1.40 bits per heavy atom. The highest BCUT2D eigenvalue weighted by molar-refractivity contribution is 7.07. The Balaban J connectivity index is 1.27. The molecule has 1 amide bonds. The Hall–Kier alpha value is -2.55. The first-order valence-corrected chi connectivity index (χ1v) is 9.22. The molecule has 3 aromatic rings. The number of carbonyl (C=O) groups excluding carboxylic acids is 1. The predicted molar refractivity (Wildman–Crippen MR) is 90.9 cm³/mol. The topological polar surface area (TPSA) is 101 Å². The molecule has 1 aliphatic rings. The van der Waals surface area contributed by atoms with E-state index >= 15 is 0 Å². The SMILES string of the molecule is O=C(CCc1nc(-c2ncn[nH]2)no1)N1CCC(c2ccsc2)CC1. The molecule has 1 N–H and O–H groups in total. The third-order valence-corrected chi connectivity index (χ3v) is 5.21. The number of piperidine rings is 1. The first kappa shape index (κ1) is 15.9. The van der Waals surface area contributed by atoms with Crippen LogP contribution in [0.5, 0.6) is 0 Å². The lowest BCUT2D eigenvalue weighted by atomic mass is 9.91. The van der Waals surface area contributed by atoms with Gasteiger partial charge < -0.3 is 9.42 Å². The summed E-state index contributed by atoms with van der Waals surface area (Å²) in [7, 11) is 0. The van der Waals surface area contributed by atoms with Crippen LogP contribution in [0.15, 0.2) is 27.7 Å². The van der Waals surface area contributed by atoms with Crippen LogP contribution < -0.4 is 0 Å². The number of likely N-dealkylation sites (tertiary alicyclic amines) is 1. The van der Waals surface area contributed by atoms with Crippen molar-refractivity contribution in [2.45, 2.75) is 31.6 Å². The highest BCUT2D eigenvalue weighted by atomic mass is 32.1. The van der Waals surface area contributed by atoms with Crippen LogP contribution in [-0.4, -0.2) is 49.2 Å². The number of hydrogen-bond acceptors (Lipinski definition) is 7. The van der Waals surface area contributed by atoms with Crippen LogP contribution in [0.3, 0.4) is 0 Å². The van der Waals surface area contributed by atoms with Crippen molar-refractivity contribution in [3.63, 3.8) is 0 Å². The summed E-state index contributed by atoms with van der Waals surface area (Å²) in [5.74, 6) is 1.97. The molecule has 0 spiro atoms. The van der Waals surface area contributed by atoms with E-state index in [0.717, 1.165) is 25.9 Å². The Bertz CT molecular complexity index is 806. The van der Waals surface area contributed by atoms with Crippen molar-refractivity contribution in [3.8, 4) is 11.6 Å². The summed E-state index contributed by atoms with van der Waals surface area (Å²) in [5.41, 5.74) is 1.41. The fraction of sp³-hybridized carbons (Fsp3) is 0.438. The van der Waals surface area contributed by atoms with Crippen LogP contribution in [0.2, 0.25) is 0 Å². The Kier molecular flexibility index (Phi) is 4.55. The molecule has 0 aliphatic carbocycles. The maximum atomic E-state index is 12.4. The van der Waals surface area contributed by atoms with Crippen LogP contribution in [-0.2, 0) is 11.2 Å². The van der Waals surface area contributed by atoms with E-state index in [1.807, 2.05) is 4.90 Å². The van der Waals surface area contributed by atoms with Gasteiger partial charge in [0.2, 0.25) is 17.6 Å². The number of thiophene rings is 1. The van der Waals surface area contributed by atoms with E-state index in [1.54, 1.807) is 11.3 Å². The van der Waals surface area contributed by atoms with Gasteiger partial charge in [0, 0.05) is 25.9 Å². The standard InChI is InChI=1S/C16H18N6O2S/c23-14(22-6-3-11(4-7-22)12-5-8-25-9-12)2-1-13-19-16(21-24-13)15-17-10-18-20-15/h5,8-11H,1-4,6-7H2,(H,17,18,20). The van der Waals surface area contributed by atoms with Gasteiger partial charge >= 0.3 is 0 Å². The molecule has 0 aromatic carbocycles. The maximum absolute atomic E-state index is 12.4. The second-order valence-electron chi connectivity index (χ2n) is 6.06. The van der Waals surface area contributed by atoms with Crippen molar-refractivity contribution in [3.05, 3.63) is 34.6 Å². The minimum absolute atomic E-state index is 0.142. The van der Waals surface area contributed by atoms with Gasteiger partial charge in [-0.2, -0.15) is 21.4 Å². The van der Waals surface area contributed by atoms with Gasteiger partial charge in [-0.05, 0) is 41.1 Å². The minimum Gasteiger partial charge on any atom is -0.343 e. The summed E-state index contributed by atoms with van der Waals surface area (Å²) in [4.78, 5) is 22.6. The molecule has 4 rings (SSSR count). The van der Waals surface area contributed by atoms with Gasteiger partial charge in [-0.3, -0.25) is 9.89 Å². The lowest BCUT2D eigenvalue weighted by Gasteiger charge is -2.31. The predicted octanol–water partition coefficient (Wildman–Crippen LogP) is 2.26. The van der Waals surface area contributed by atoms with E-state index in [-0.39, 0.29) is 5.91 Å². The average molecular weight is 358 g/mol. The third-order valence-electron chi connectivity index (χ3n) is 4.51. The monoisotopic (exact) mass is 358 g/mol. The van der Waals surface area contributed by atoms with Crippen LogP contribution in [0.4, 0.5) is 0 Å². The van der Waals surface area contributed by atoms with E-state index < -0.39 is 0 Å². The number of H-pyrrole nitrogens is 1. The van der Waals surface area contributed by atoms with Crippen molar-refractivity contribution in [1.82, 2.24) is 30.2 Å². The molecule has 0 unspecified atom stereocenters. The molecule has 8 nitrogen and oxygen atoms in total. The molecule has 1 saturated heterocycles. The number of nitrogens with one attached hydrogen (secondary N) is 1. The lowest BCUT2D eigenvalue weighted by Crippen LogP contribution is -2.37. The van der Waals surface area contributed by atoms with Crippen molar-refractivity contribution < 1.29 is 9.32 Å². The maximum Gasteiger partial charge on any atom is 0.239 e. The minimum atomic E-state index is 0.142. The highest BCUT2D eigenvalue weighted by Crippen LogP contribution is 2.29. The molecule has 25 heavy (non-hydrogen) atoms. The summed E-state index contributed by atoms with van der Waals surface area (Å²) in [5, 5.41) is 14.6. The molecule has 3 aromatic heterocycles. The van der Waals surface area contributed by atoms with Crippen LogP contribution in [0, 0.1) is 0 Å². The summed E-state index contributed by atoms with van der Waals surface area (Å²) >= 11 is 1.73. The van der Waals surface area contributed by atoms with Gasteiger partial charge in [0.25, 0.3) is 0 Å². The van der Waals surface area contributed by atoms with Gasteiger partial charge in [0.15, 0.2) is 5.82 Å². The van der Waals surface area contributed by atoms with E-state index in [2.05, 4.69) is 42.1 Å². The first-order valence-electron chi connectivity index (χ1n) is 8.28. The van der Waals surface area contributed by atoms with E-state index in [4.69, 9.17) is 4.52 Å². The van der Waals surface area contributed by atoms with Crippen LogP contribution in [0.1, 0.15) is 36.6 Å². The number of carbonyl (C=O) groups is 1. The number of aromatic nitrogens is 5. The fourth-order valence-electron chi connectivity index (χ4n) is 3.11. The van der Waals surface area contributed by atoms with Crippen molar-refractivity contribution in [1.29, 1.82) is 0 Å². The third kappa shape index (κ3) is 3.60. The average Bonchev–Trinajstić information content (AvgIpc) is 3.42. The van der Waals surface area contributed by atoms with Crippen molar-refractivity contribution in [2.24, 2.45) is 0 Å². The van der Waals surface area contributed by atoms with Crippen molar-refractivity contribution in [2.75, 3.05) is 13.1 Å². The molecule has 0 atom stereocenters. The normalized spacial score (nSPS) is 15.6. The summed E-state index contributed by atoms with van der Waals surface area (Å²) in [6, 6.07) is 2.19. The zero-order valence-corrected chi connectivity index (χ0v) is 14.4. The number of aryl methyl sites for hydroxylation is 1. The lowest BCUT2D eigenvalue weighted by molar-refractivity contribution is -0.132. The summed E-state index contributed by atoms with van der Waals surface area (Å²) in [6.45, 7) is 1.62. The molecular formula is C16H18N6O2S. The van der Waals surface area contributed by atoms with Crippen molar-refractivity contribution >= 4 is 17.2 Å². The molecule has 130 valence electrons.